The van der Waals surface area contributed by atoms with E-state index in [0.717, 1.165) is 16.0 Å². The summed E-state index contributed by atoms with van der Waals surface area (Å²) >= 11 is 2.67. The number of rotatable bonds is 5. The van der Waals surface area contributed by atoms with Gasteiger partial charge in [0.05, 0.1) is 23.3 Å². The van der Waals surface area contributed by atoms with E-state index < -0.39 is 5.91 Å². The van der Waals surface area contributed by atoms with Crippen molar-refractivity contribution in [2.24, 2.45) is 5.73 Å². The Balaban J connectivity index is 2.19. The number of fused-ring (bicyclic) bond motifs is 3. The molecule has 134 valence electrons. The fraction of sp³-hybridized carbons (Fsp3) is 0.471. The number of nitrogens with two attached hydrogens (primary N) is 1. The average molecular weight is 380 g/mol. The smallest absolute Gasteiger partial charge is 0.263 e. The molecule has 2 aromatic rings. The summed E-state index contributed by atoms with van der Waals surface area (Å²) in [4.78, 5) is 30.7. The quantitative estimate of drug-likeness (QED) is 0.490. The molecule has 8 heteroatoms. The standard InChI is InChI=1S/C17H21N3O3S2/c1-9(2)6-20-15(22)13-10-5-17(3,4)23-7-11(10)25-14(13)19-16(20)24-8-12(18)21/h1,5-8H2,2-4H3,(H2,18,21). The summed E-state index contributed by atoms with van der Waals surface area (Å²) in [6, 6.07) is 0. The van der Waals surface area contributed by atoms with Crippen LogP contribution in [0.3, 0.4) is 0 Å². The van der Waals surface area contributed by atoms with Gasteiger partial charge in [0.2, 0.25) is 5.91 Å². The van der Waals surface area contributed by atoms with Gasteiger partial charge in [0.1, 0.15) is 4.83 Å². The highest BCUT2D eigenvalue weighted by atomic mass is 32.2. The van der Waals surface area contributed by atoms with Gasteiger partial charge >= 0.3 is 0 Å². The Hall–Kier alpha value is -1.64. The molecule has 2 aromatic heterocycles. The minimum absolute atomic E-state index is 0.0787. The molecule has 0 bridgehead atoms. The van der Waals surface area contributed by atoms with Crippen LogP contribution >= 0.6 is 23.1 Å². The van der Waals surface area contributed by atoms with Crippen molar-refractivity contribution < 1.29 is 9.53 Å². The molecule has 0 aliphatic carbocycles. The summed E-state index contributed by atoms with van der Waals surface area (Å²) in [5.41, 5.74) is 6.74. The molecule has 25 heavy (non-hydrogen) atoms. The van der Waals surface area contributed by atoms with Crippen molar-refractivity contribution in [3.8, 4) is 0 Å². The van der Waals surface area contributed by atoms with Crippen LogP contribution in [0.4, 0.5) is 0 Å². The molecular weight excluding hydrogens is 358 g/mol. The molecule has 0 aromatic carbocycles. The largest absolute Gasteiger partial charge is 0.370 e. The number of ether oxygens (including phenoxy) is 1. The average Bonchev–Trinajstić information content (AvgIpc) is 2.84. The summed E-state index contributed by atoms with van der Waals surface area (Å²) in [7, 11) is 0. The van der Waals surface area contributed by atoms with Crippen molar-refractivity contribution in [2.75, 3.05) is 5.75 Å². The van der Waals surface area contributed by atoms with Gasteiger partial charge in [-0.2, -0.15) is 0 Å². The van der Waals surface area contributed by atoms with Gasteiger partial charge < -0.3 is 10.5 Å². The predicted molar refractivity (Wildman–Crippen MR) is 101 cm³/mol. The number of allylic oxidation sites excluding steroid dienone is 1. The Morgan fingerprint density at radius 3 is 2.88 bits per heavy atom. The van der Waals surface area contributed by atoms with E-state index in [4.69, 9.17) is 10.5 Å². The first-order valence-corrected chi connectivity index (χ1v) is 9.72. The normalized spacial score (nSPS) is 16.0. The zero-order chi connectivity index (χ0) is 18.4. The van der Waals surface area contributed by atoms with Gasteiger partial charge in [-0.15, -0.1) is 11.3 Å². The maximum absolute atomic E-state index is 13.2. The first-order valence-electron chi connectivity index (χ1n) is 7.92. The maximum Gasteiger partial charge on any atom is 0.263 e. The minimum atomic E-state index is -0.443. The second kappa shape index (κ2) is 6.59. The number of carbonyl (C=O) groups excluding carboxylic acids is 1. The van der Waals surface area contributed by atoms with Gasteiger partial charge in [0, 0.05) is 17.8 Å². The Labute approximate surface area is 154 Å². The molecule has 2 N–H and O–H groups in total. The SMILES string of the molecule is C=C(C)Cn1c(SCC(N)=O)nc2sc3c(c2c1=O)CC(C)(C)OC3. The maximum atomic E-state index is 13.2. The molecule has 1 aliphatic rings. The van der Waals surface area contributed by atoms with E-state index in [2.05, 4.69) is 11.6 Å². The third-order valence-corrected chi connectivity index (χ3v) is 6.03. The molecule has 0 saturated carbocycles. The van der Waals surface area contributed by atoms with Crippen molar-refractivity contribution in [2.45, 2.75) is 51.1 Å². The summed E-state index contributed by atoms with van der Waals surface area (Å²) in [5.74, 6) is -0.364. The zero-order valence-corrected chi connectivity index (χ0v) is 16.2. The molecule has 0 saturated heterocycles. The number of hydrogen-bond donors (Lipinski definition) is 1. The zero-order valence-electron chi connectivity index (χ0n) is 14.5. The topological polar surface area (TPSA) is 87.2 Å². The number of carbonyl (C=O) groups is 1. The molecule has 6 nitrogen and oxygen atoms in total. The van der Waals surface area contributed by atoms with Crippen LogP contribution in [-0.2, 0) is 29.1 Å². The first kappa shape index (κ1) is 18.2. The molecule has 1 aliphatic heterocycles. The Morgan fingerprint density at radius 1 is 1.52 bits per heavy atom. The molecular formula is C17H21N3O3S2. The van der Waals surface area contributed by atoms with Gasteiger partial charge in [-0.25, -0.2) is 4.98 Å². The van der Waals surface area contributed by atoms with Gasteiger partial charge in [-0.05, 0) is 26.3 Å². The van der Waals surface area contributed by atoms with Crippen LogP contribution in [0.1, 0.15) is 31.2 Å². The lowest BCUT2D eigenvalue weighted by Gasteiger charge is -2.29. The second-order valence-electron chi connectivity index (χ2n) is 6.91. The Morgan fingerprint density at radius 2 is 2.24 bits per heavy atom. The number of hydrogen-bond acceptors (Lipinski definition) is 6. The van der Waals surface area contributed by atoms with E-state index in [1.54, 1.807) is 4.57 Å². The monoisotopic (exact) mass is 379 g/mol. The Kier molecular flexibility index (Phi) is 4.78. The van der Waals surface area contributed by atoms with E-state index in [9.17, 15) is 9.59 Å². The fourth-order valence-corrected chi connectivity index (χ4v) is 4.74. The van der Waals surface area contributed by atoms with Crippen LogP contribution in [0.2, 0.25) is 0 Å². The number of amides is 1. The minimum Gasteiger partial charge on any atom is -0.370 e. The van der Waals surface area contributed by atoms with Crippen molar-refractivity contribution in [3.05, 3.63) is 32.9 Å². The molecule has 0 atom stereocenters. The first-order chi connectivity index (χ1) is 11.7. The summed E-state index contributed by atoms with van der Waals surface area (Å²) in [5, 5.41) is 1.17. The van der Waals surface area contributed by atoms with E-state index in [1.807, 2.05) is 20.8 Å². The van der Waals surface area contributed by atoms with Crippen molar-refractivity contribution in [3.63, 3.8) is 0 Å². The molecule has 1 amide bonds. The highest BCUT2D eigenvalue weighted by Crippen LogP contribution is 2.37. The summed E-state index contributed by atoms with van der Waals surface area (Å²) in [6.07, 6.45) is 0.681. The summed E-state index contributed by atoms with van der Waals surface area (Å²) < 4.78 is 7.45. The highest BCUT2D eigenvalue weighted by molar-refractivity contribution is 7.99. The molecule has 0 spiro atoms. The van der Waals surface area contributed by atoms with Gasteiger partial charge in [0.25, 0.3) is 5.56 Å². The molecule has 3 heterocycles. The lowest BCUT2D eigenvalue weighted by Crippen LogP contribution is -2.32. The van der Waals surface area contributed by atoms with Crippen molar-refractivity contribution in [1.29, 1.82) is 0 Å². The van der Waals surface area contributed by atoms with E-state index in [0.29, 0.717) is 34.9 Å². The number of thioether (sulfide) groups is 1. The van der Waals surface area contributed by atoms with Crippen LogP contribution in [0, 0.1) is 0 Å². The van der Waals surface area contributed by atoms with Gasteiger partial charge in [-0.1, -0.05) is 23.9 Å². The van der Waals surface area contributed by atoms with Crippen LogP contribution in [-0.4, -0.2) is 26.8 Å². The van der Waals surface area contributed by atoms with Crippen molar-refractivity contribution in [1.82, 2.24) is 9.55 Å². The lowest BCUT2D eigenvalue weighted by molar-refractivity contribution is -0.115. The van der Waals surface area contributed by atoms with E-state index >= 15 is 0 Å². The van der Waals surface area contributed by atoms with Crippen LogP contribution in [0.5, 0.6) is 0 Å². The van der Waals surface area contributed by atoms with Crippen LogP contribution in [0.15, 0.2) is 22.1 Å². The summed E-state index contributed by atoms with van der Waals surface area (Å²) in [6.45, 7) is 10.7. The third-order valence-electron chi connectivity index (χ3n) is 3.93. The number of aromatic nitrogens is 2. The predicted octanol–water partition coefficient (Wildman–Crippen LogP) is 2.46. The molecule has 0 radical (unpaired) electrons. The highest BCUT2D eigenvalue weighted by Gasteiger charge is 2.31. The Bertz CT molecular complexity index is 927. The van der Waals surface area contributed by atoms with E-state index in [1.165, 1.54) is 23.1 Å². The lowest BCUT2D eigenvalue weighted by atomic mass is 9.94. The number of thiophene rings is 1. The molecule has 3 rings (SSSR count). The number of primary amides is 1. The second-order valence-corrected chi connectivity index (χ2v) is 8.93. The number of nitrogens with zero attached hydrogens (tertiary/aromatic N) is 2. The molecule has 0 unspecified atom stereocenters. The van der Waals surface area contributed by atoms with Crippen LogP contribution < -0.4 is 11.3 Å². The van der Waals surface area contributed by atoms with Gasteiger partial charge in [0.15, 0.2) is 5.16 Å². The van der Waals surface area contributed by atoms with Crippen molar-refractivity contribution >= 4 is 39.2 Å². The van der Waals surface area contributed by atoms with Crippen LogP contribution in [0.25, 0.3) is 10.2 Å². The fourth-order valence-electron chi connectivity index (χ4n) is 2.86. The third kappa shape index (κ3) is 3.65. The van der Waals surface area contributed by atoms with Gasteiger partial charge in [-0.3, -0.25) is 14.2 Å². The molecule has 0 fully saturated rings. The van der Waals surface area contributed by atoms with E-state index in [-0.39, 0.29) is 16.9 Å².